The lowest BCUT2D eigenvalue weighted by Gasteiger charge is -2.40. The largest absolute Gasteiger partial charge is 0.382 e. The van der Waals surface area contributed by atoms with Gasteiger partial charge in [0.25, 0.3) is 0 Å². The van der Waals surface area contributed by atoms with Crippen molar-refractivity contribution in [3.63, 3.8) is 0 Å². The van der Waals surface area contributed by atoms with E-state index >= 15 is 0 Å². The van der Waals surface area contributed by atoms with E-state index in [1.165, 1.54) is 0 Å². The Morgan fingerprint density at radius 1 is 1.56 bits per heavy atom. The highest BCUT2D eigenvalue weighted by molar-refractivity contribution is 5.53. The number of carbonyl (C=O) groups is 1. The zero-order valence-electron chi connectivity index (χ0n) is 10.7. The second-order valence-corrected chi connectivity index (χ2v) is 4.86. The number of hydrogen-bond acceptors (Lipinski definition) is 3. The zero-order chi connectivity index (χ0) is 12.0. The fourth-order valence-corrected chi connectivity index (χ4v) is 2.77. The molecule has 3 nitrogen and oxygen atoms in total. The first-order valence-corrected chi connectivity index (χ1v) is 6.28. The first-order valence-electron chi connectivity index (χ1n) is 6.28. The molecule has 0 aromatic carbocycles. The van der Waals surface area contributed by atoms with Crippen molar-refractivity contribution in [3.8, 4) is 0 Å². The molecule has 0 aliphatic heterocycles. The van der Waals surface area contributed by atoms with Crippen LogP contribution in [0.2, 0.25) is 0 Å². The first kappa shape index (κ1) is 13.7. The maximum atomic E-state index is 10.9. The van der Waals surface area contributed by atoms with Gasteiger partial charge in [-0.1, -0.05) is 0 Å². The highest BCUT2D eigenvalue weighted by atomic mass is 16.5. The van der Waals surface area contributed by atoms with E-state index in [1.54, 1.807) is 7.11 Å². The molecule has 1 saturated carbocycles. The van der Waals surface area contributed by atoms with Crippen LogP contribution in [0.25, 0.3) is 0 Å². The summed E-state index contributed by atoms with van der Waals surface area (Å²) in [6.45, 7) is 4.79. The summed E-state index contributed by atoms with van der Waals surface area (Å²) < 4.78 is 11.3. The lowest BCUT2D eigenvalue weighted by atomic mass is 9.75. The van der Waals surface area contributed by atoms with E-state index in [0.717, 1.165) is 38.4 Å². The van der Waals surface area contributed by atoms with Crippen LogP contribution in [0.5, 0.6) is 0 Å². The Hall–Kier alpha value is -0.410. The van der Waals surface area contributed by atoms with Crippen LogP contribution in [0.1, 0.15) is 46.0 Å². The Balaban J connectivity index is 2.66. The highest BCUT2D eigenvalue weighted by Gasteiger charge is 2.38. The van der Waals surface area contributed by atoms with Gasteiger partial charge in [-0.15, -0.1) is 0 Å². The van der Waals surface area contributed by atoms with Gasteiger partial charge in [-0.2, -0.15) is 0 Å². The molecule has 1 aliphatic rings. The Labute approximate surface area is 98.5 Å². The van der Waals surface area contributed by atoms with Crippen molar-refractivity contribution >= 4 is 6.29 Å². The summed E-state index contributed by atoms with van der Waals surface area (Å²) in [6.07, 6.45) is 6.18. The Bertz CT molecular complexity index is 213. The average molecular weight is 228 g/mol. The molecule has 0 spiro atoms. The van der Waals surface area contributed by atoms with Crippen molar-refractivity contribution in [2.45, 2.75) is 57.7 Å². The molecule has 3 heteroatoms. The van der Waals surface area contributed by atoms with Crippen LogP contribution in [0.3, 0.4) is 0 Å². The third-order valence-electron chi connectivity index (χ3n) is 3.55. The molecule has 1 aliphatic carbocycles. The second-order valence-electron chi connectivity index (χ2n) is 4.86. The Kier molecular flexibility index (Phi) is 5.42. The van der Waals surface area contributed by atoms with Gasteiger partial charge >= 0.3 is 0 Å². The van der Waals surface area contributed by atoms with Crippen LogP contribution in [-0.4, -0.2) is 31.7 Å². The maximum Gasteiger partial charge on any atom is 0.123 e. The number of ether oxygens (including phenoxy) is 2. The molecule has 3 atom stereocenters. The van der Waals surface area contributed by atoms with E-state index in [0.29, 0.717) is 6.61 Å². The molecule has 0 aromatic rings. The van der Waals surface area contributed by atoms with Crippen LogP contribution in [0.15, 0.2) is 0 Å². The number of aldehydes is 1. The molecule has 1 rings (SSSR count). The predicted octanol–water partition coefficient (Wildman–Crippen LogP) is 2.58. The molecule has 94 valence electrons. The minimum Gasteiger partial charge on any atom is -0.382 e. The standard InChI is InChI=1S/C13H24O3/c1-4-16-13(8-11(2)15-3)7-5-6-12(9-13)10-14/h10-12H,4-9H2,1-3H3. The molecular weight excluding hydrogens is 204 g/mol. The monoisotopic (exact) mass is 228 g/mol. The Morgan fingerprint density at radius 2 is 2.31 bits per heavy atom. The fraction of sp³-hybridized carbons (Fsp3) is 0.923. The minimum absolute atomic E-state index is 0.131. The topological polar surface area (TPSA) is 35.5 Å². The SMILES string of the molecule is CCOC1(CC(C)OC)CCCC(C=O)C1. The van der Waals surface area contributed by atoms with E-state index in [-0.39, 0.29) is 17.6 Å². The van der Waals surface area contributed by atoms with E-state index < -0.39 is 0 Å². The van der Waals surface area contributed by atoms with Crippen LogP contribution in [0.4, 0.5) is 0 Å². The van der Waals surface area contributed by atoms with Gasteiger partial charge in [0.05, 0.1) is 11.7 Å². The van der Waals surface area contributed by atoms with Crippen molar-refractivity contribution in [3.05, 3.63) is 0 Å². The van der Waals surface area contributed by atoms with Gasteiger partial charge in [0.1, 0.15) is 6.29 Å². The second kappa shape index (κ2) is 6.36. The summed E-state index contributed by atoms with van der Waals surface area (Å²) in [4.78, 5) is 10.9. The average Bonchev–Trinajstić information content (AvgIpc) is 2.29. The third kappa shape index (κ3) is 3.56. The zero-order valence-corrected chi connectivity index (χ0v) is 10.7. The molecule has 0 saturated heterocycles. The first-order chi connectivity index (χ1) is 7.65. The van der Waals surface area contributed by atoms with Gasteiger partial charge in [-0.3, -0.25) is 0 Å². The van der Waals surface area contributed by atoms with Crippen LogP contribution in [-0.2, 0) is 14.3 Å². The van der Waals surface area contributed by atoms with Crippen molar-refractivity contribution in [2.75, 3.05) is 13.7 Å². The molecule has 0 amide bonds. The lowest BCUT2D eigenvalue weighted by Crippen LogP contribution is -2.41. The van der Waals surface area contributed by atoms with Gasteiger partial charge in [0.2, 0.25) is 0 Å². The van der Waals surface area contributed by atoms with Crippen LogP contribution in [0, 0.1) is 5.92 Å². The maximum absolute atomic E-state index is 10.9. The van der Waals surface area contributed by atoms with E-state index in [9.17, 15) is 4.79 Å². The fourth-order valence-electron chi connectivity index (χ4n) is 2.77. The van der Waals surface area contributed by atoms with Crippen LogP contribution < -0.4 is 0 Å². The molecule has 1 fully saturated rings. The molecule has 0 N–H and O–H groups in total. The van der Waals surface area contributed by atoms with Gasteiger partial charge in [-0.25, -0.2) is 0 Å². The number of carbonyl (C=O) groups excluding carboxylic acids is 1. The summed E-state index contributed by atoms with van der Waals surface area (Å²) in [5.41, 5.74) is -0.131. The predicted molar refractivity (Wildman–Crippen MR) is 63.5 cm³/mol. The van der Waals surface area contributed by atoms with Crippen LogP contribution >= 0.6 is 0 Å². The summed E-state index contributed by atoms with van der Waals surface area (Å²) >= 11 is 0. The smallest absolute Gasteiger partial charge is 0.123 e. The number of methoxy groups -OCH3 is 1. The molecule has 0 heterocycles. The molecule has 16 heavy (non-hydrogen) atoms. The summed E-state index contributed by atoms with van der Waals surface area (Å²) in [5, 5.41) is 0. The van der Waals surface area contributed by atoms with E-state index in [2.05, 4.69) is 6.92 Å². The van der Waals surface area contributed by atoms with Gasteiger partial charge < -0.3 is 14.3 Å². The summed E-state index contributed by atoms with van der Waals surface area (Å²) in [7, 11) is 1.73. The van der Waals surface area contributed by atoms with Crippen molar-refractivity contribution in [2.24, 2.45) is 5.92 Å². The quantitative estimate of drug-likeness (QED) is 0.655. The van der Waals surface area contributed by atoms with Crippen molar-refractivity contribution < 1.29 is 14.3 Å². The van der Waals surface area contributed by atoms with Gasteiger partial charge in [-0.05, 0) is 39.5 Å². The van der Waals surface area contributed by atoms with Gasteiger partial charge in [0.15, 0.2) is 0 Å². The third-order valence-corrected chi connectivity index (χ3v) is 3.55. The molecule has 0 radical (unpaired) electrons. The lowest BCUT2D eigenvalue weighted by molar-refractivity contribution is -0.125. The van der Waals surface area contributed by atoms with Crippen molar-refractivity contribution in [1.29, 1.82) is 0 Å². The van der Waals surface area contributed by atoms with Gasteiger partial charge in [0, 0.05) is 26.1 Å². The summed E-state index contributed by atoms with van der Waals surface area (Å²) in [6, 6.07) is 0. The molecule has 3 unspecified atom stereocenters. The van der Waals surface area contributed by atoms with E-state index in [1.807, 2.05) is 6.92 Å². The molecular formula is C13H24O3. The number of rotatable bonds is 6. The minimum atomic E-state index is -0.131. The molecule has 0 bridgehead atoms. The normalized spacial score (nSPS) is 32.3. The van der Waals surface area contributed by atoms with E-state index in [4.69, 9.17) is 9.47 Å². The summed E-state index contributed by atoms with van der Waals surface area (Å²) in [5.74, 6) is 0.171. The highest BCUT2D eigenvalue weighted by Crippen LogP contribution is 2.38. The van der Waals surface area contributed by atoms with Crippen molar-refractivity contribution in [1.82, 2.24) is 0 Å². The number of hydrogen-bond donors (Lipinski definition) is 0. The Morgan fingerprint density at radius 3 is 2.88 bits per heavy atom. The molecule has 0 aromatic heterocycles.